The number of aryl methyl sites for hydroxylation is 1. The van der Waals surface area contributed by atoms with E-state index in [0.717, 1.165) is 0 Å². The summed E-state index contributed by atoms with van der Waals surface area (Å²) in [5.41, 5.74) is 2.96. The zero-order chi connectivity index (χ0) is 25.7. The smallest absolute Gasteiger partial charge is 0.337 e. The van der Waals surface area contributed by atoms with Gasteiger partial charge in [-0.25, -0.2) is 9.59 Å². The van der Waals surface area contributed by atoms with E-state index in [1.165, 1.54) is 33.5 Å². The average molecular weight is 476 g/mol. The zero-order valence-corrected chi connectivity index (χ0v) is 20.0. The van der Waals surface area contributed by atoms with Crippen LogP contribution in [0.5, 0.6) is 11.5 Å². The number of rotatable bonds is 8. The second kappa shape index (κ2) is 10.6. The van der Waals surface area contributed by atoms with Gasteiger partial charge in [0.2, 0.25) is 5.78 Å². The van der Waals surface area contributed by atoms with Crippen molar-refractivity contribution in [3.05, 3.63) is 76.1 Å². The highest BCUT2D eigenvalue weighted by atomic mass is 16.5. The lowest BCUT2D eigenvalue weighted by molar-refractivity contribution is 0.0598. The van der Waals surface area contributed by atoms with Crippen molar-refractivity contribution in [1.29, 1.82) is 5.26 Å². The minimum absolute atomic E-state index is 0.169. The first-order valence-corrected chi connectivity index (χ1v) is 10.5. The van der Waals surface area contributed by atoms with E-state index in [-0.39, 0.29) is 23.5 Å². The fourth-order valence-electron chi connectivity index (χ4n) is 3.73. The van der Waals surface area contributed by atoms with E-state index in [2.05, 4.69) is 0 Å². The van der Waals surface area contributed by atoms with Crippen LogP contribution in [0.2, 0.25) is 0 Å². The lowest BCUT2D eigenvalue weighted by Crippen LogP contribution is -2.13. The van der Waals surface area contributed by atoms with Crippen LogP contribution in [0.3, 0.4) is 0 Å². The summed E-state index contributed by atoms with van der Waals surface area (Å²) in [6.07, 6.45) is 0. The van der Waals surface area contributed by atoms with Crippen LogP contribution in [0.4, 0.5) is 0 Å². The molecular formula is C26H24N2O7. The van der Waals surface area contributed by atoms with Crippen LogP contribution in [0.1, 0.15) is 48.0 Å². The third-order valence-corrected chi connectivity index (χ3v) is 5.40. The van der Waals surface area contributed by atoms with Crippen LogP contribution >= 0.6 is 0 Å². The Kier molecular flexibility index (Phi) is 7.56. The summed E-state index contributed by atoms with van der Waals surface area (Å²) in [6, 6.07) is 12.9. The van der Waals surface area contributed by atoms with Gasteiger partial charge >= 0.3 is 11.9 Å². The van der Waals surface area contributed by atoms with E-state index in [1.807, 2.05) is 6.07 Å². The number of hydrogen-bond acceptors (Lipinski definition) is 8. The molecule has 180 valence electrons. The molecule has 9 nitrogen and oxygen atoms in total. The first-order chi connectivity index (χ1) is 16.7. The molecule has 0 aliphatic heterocycles. The van der Waals surface area contributed by atoms with Crippen LogP contribution in [0.25, 0.3) is 5.69 Å². The van der Waals surface area contributed by atoms with Gasteiger partial charge in [-0.1, -0.05) is 0 Å². The Morgan fingerprint density at radius 1 is 0.886 bits per heavy atom. The normalized spacial score (nSPS) is 10.3. The first kappa shape index (κ1) is 25.1. The van der Waals surface area contributed by atoms with Gasteiger partial charge < -0.3 is 23.5 Å². The van der Waals surface area contributed by atoms with E-state index in [4.69, 9.17) is 24.2 Å². The van der Waals surface area contributed by atoms with Gasteiger partial charge in [0.1, 0.15) is 0 Å². The monoisotopic (exact) mass is 476 g/mol. The van der Waals surface area contributed by atoms with Crippen molar-refractivity contribution in [3.63, 3.8) is 0 Å². The van der Waals surface area contributed by atoms with Gasteiger partial charge in [-0.2, -0.15) is 5.26 Å². The molecular weight excluding hydrogens is 452 g/mol. The predicted molar refractivity (Wildman–Crippen MR) is 125 cm³/mol. The molecule has 9 heteroatoms. The average Bonchev–Trinajstić information content (AvgIpc) is 3.19. The number of methoxy groups -OCH3 is 3. The number of aromatic nitrogens is 1. The summed E-state index contributed by atoms with van der Waals surface area (Å²) >= 11 is 0. The number of Topliss-reactive ketones (excluding diaryl/α,β-unsaturated/α-hetero) is 1. The maximum atomic E-state index is 13.0. The van der Waals surface area contributed by atoms with Gasteiger partial charge in [-0.15, -0.1) is 0 Å². The van der Waals surface area contributed by atoms with Gasteiger partial charge in [0.15, 0.2) is 18.1 Å². The van der Waals surface area contributed by atoms with Crippen LogP contribution in [-0.2, 0) is 9.47 Å². The molecule has 0 saturated heterocycles. The highest BCUT2D eigenvalue weighted by Gasteiger charge is 2.21. The molecule has 0 aliphatic carbocycles. The number of nitrogens with zero attached hydrogens (tertiary/aromatic N) is 2. The summed E-state index contributed by atoms with van der Waals surface area (Å²) < 4.78 is 22.3. The highest BCUT2D eigenvalue weighted by Crippen LogP contribution is 2.29. The van der Waals surface area contributed by atoms with Crippen LogP contribution in [0, 0.1) is 25.2 Å². The Bertz CT molecular complexity index is 1310. The Morgan fingerprint density at radius 2 is 1.51 bits per heavy atom. The van der Waals surface area contributed by atoms with Crippen LogP contribution in [0.15, 0.2) is 42.5 Å². The Balaban J connectivity index is 1.95. The number of ketones is 1. The fraction of sp³-hybridized carbons (Fsp3) is 0.231. The zero-order valence-electron chi connectivity index (χ0n) is 20.0. The van der Waals surface area contributed by atoms with Crippen LogP contribution < -0.4 is 9.47 Å². The van der Waals surface area contributed by atoms with Crippen molar-refractivity contribution in [2.24, 2.45) is 0 Å². The molecule has 0 fully saturated rings. The number of esters is 2. The summed E-state index contributed by atoms with van der Waals surface area (Å²) in [5.74, 6) is -0.825. The number of ether oxygens (including phenoxy) is 4. The lowest BCUT2D eigenvalue weighted by atomic mass is 10.1. The second-order valence-corrected chi connectivity index (χ2v) is 7.56. The molecule has 1 aromatic heterocycles. The van der Waals surface area contributed by atoms with Crippen LogP contribution in [-0.4, -0.2) is 50.2 Å². The third-order valence-electron chi connectivity index (χ3n) is 5.40. The summed E-state index contributed by atoms with van der Waals surface area (Å²) in [4.78, 5) is 37.4. The molecule has 3 aromatic rings. The molecule has 2 aromatic carbocycles. The maximum absolute atomic E-state index is 13.0. The summed E-state index contributed by atoms with van der Waals surface area (Å²) in [7, 11) is 3.95. The number of nitriles is 1. The molecule has 0 spiro atoms. The number of carbonyl (C=O) groups excluding carboxylic acids is 3. The van der Waals surface area contributed by atoms with Gasteiger partial charge in [-0.3, -0.25) is 4.79 Å². The minimum atomic E-state index is -0.611. The molecule has 0 atom stereocenters. The van der Waals surface area contributed by atoms with Gasteiger partial charge in [0.25, 0.3) is 0 Å². The molecule has 0 radical (unpaired) electrons. The van der Waals surface area contributed by atoms with E-state index in [9.17, 15) is 14.4 Å². The van der Waals surface area contributed by atoms with Crippen molar-refractivity contribution in [2.45, 2.75) is 13.8 Å². The summed E-state index contributed by atoms with van der Waals surface area (Å²) in [5, 5.41) is 9.04. The summed E-state index contributed by atoms with van der Waals surface area (Å²) in [6.45, 7) is 3.30. The molecule has 35 heavy (non-hydrogen) atoms. The largest absolute Gasteiger partial charge is 0.493 e. The molecule has 0 saturated carbocycles. The molecule has 0 N–H and O–H groups in total. The van der Waals surface area contributed by atoms with Crippen molar-refractivity contribution in [2.75, 3.05) is 27.9 Å². The number of hydrogen-bond donors (Lipinski definition) is 0. The molecule has 1 heterocycles. The van der Waals surface area contributed by atoms with E-state index in [1.54, 1.807) is 48.7 Å². The van der Waals surface area contributed by atoms with E-state index in [0.29, 0.717) is 39.7 Å². The van der Waals surface area contributed by atoms with Gasteiger partial charge in [0.05, 0.1) is 44.1 Å². The predicted octanol–water partition coefficient (Wildman–Crippen LogP) is 3.81. The van der Waals surface area contributed by atoms with Crippen molar-refractivity contribution >= 4 is 17.7 Å². The molecule has 3 rings (SSSR count). The standard InChI is InChI=1S/C26H24N2O7/c1-15-8-21(22(29)14-35-23-7-6-17(13-27)9-24(23)32-3)16(2)28(15)20-11-18(25(30)33-4)10-19(12-20)26(31)34-5/h6-12H,14H2,1-5H3. The molecule has 0 aliphatic rings. The first-order valence-electron chi connectivity index (χ1n) is 10.5. The van der Waals surface area contributed by atoms with Crippen molar-refractivity contribution in [3.8, 4) is 23.3 Å². The highest BCUT2D eigenvalue weighted by molar-refractivity contribution is 5.99. The Morgan fingerprint density at radius 3 is 2.06 bits per heavy atom. The quantitative estimate of drug-likeness (QED) is 0.356. The fourth-order valence-corrected chi connectivity index (χ4v) is 3.73. The van der Waals surface area contributed by atoms with Crippen molar-refractivity contribution < 1.29 is 33.3 Å². The number of carbonyl (C=O) groups is 3. The molecule has 0 bridgehead atoms. The SMILES string of the molecule is COC(=O)c1cc(C(=O)OC)cc(-n2c(C)cc(C(=O)COc3ccc(C#N)cc3OC)c2C)c1. The Hall–Kier alpha value is -4.58. The lowest BCUT2D eigenvalue weighted by Gasteiger charge is -2.13. The minimum Gasteiger partial charge on any atom is -0.493 e. The third kappa shape index (κ3) is 5.17. The number of benzene rings is 2. The van der Waals surface area contributed by atoms with E-state index < -0.39 is 11.9 Å². The molecule has 0 unspecified atom stereocenters. The van der Waals surface area contributed by atoms with Gasteiger partial charge in [-0.05, 0) is 50.2 Å². The second-order valence-electron chi connectivity index (χ2n) is 7.56. The Labute approximate surface area is 202 Å². The van der Waals surface area contributed by atoms with E-state index >= 15 is 0 Å². The van der Waals surface area contributed by atoms with Crippen molar-refractivity contribution in [1.82, 2.24) is 4.57 Å². The topological polar surface area (TPSA) is 117 Å². The molecule has 0 amide bonds. The van der Waals surface area contributed by atoms with Gasteiger partial charge in [0, 0.05) is 28.7 Å². The maximum Gasteiger partial charge on any atom is 0.337 e.